The van der Waals surface area contributed by atoms with Crippen molar-refractivity contribution in [2.45, 2.75) is 83.9 Å². The Morgan fingerprint density at radius 1 is 1.16 bits per heavy atom. The number of fused-ring (bicyclic) bond motifs is 1. The summed E-state index contributed by atoms with van der Waals surface area (Å²) in [5, 5.41) is 0. The van der Waals surface area contributed by atoms with Gasteiger partial charge in [-0.05, 0) is 39.0 Å². The van der Waals surface area contributed by atoms with Crippen LogP contribution in [0, 0.1) is 17.8 Å². The Labute approximate surface area is 187 Å². The van der Waals surface area contributed by atoms with E-state index in [2.05, 4.69) is 0 Å². The molecule has 0 aromatic rings. The largest absolute Gasteiger partial charge is 0.466 e. The van der Waals surface area contributed by atoms with Crippen LogP contribution in [0.5, 0.6) is 0 Å². The maximum atomic E-state index is 13.0. The zero-order valence-corrected chi connectivity index (χ0v) is 19.4. The van der Waals surface area contributed by atoms with Crippen molar-refractivity contribution < 1.29 is 42.9 Å². The van der Waals surface area contributed by atoms with E-state index in [1.165, 1.54) is 14.0 Å². The van der Waals surface area contributed by atoms with Gasteiger partial charge in [0.2, 0.25) is 0 Å². The van der Waals surface area contributed by atoms with E-state index in [-0.39, 0.29) is 17.6 Å². The molecule has 2 heterocycles. The number of esters is 4. The molecular weight excluding hydrogens is 420 g/mol. The SMILES string of the molecule is COC(=O)/C1=C/CCC(C)C[C@H]2OC(=O)C(C)[C@@H]2C(OC(=O)[C@@]2(C)O[C@H]2C)[C@H]1OC(C)=O. The van der Waals surface area contributed by atoms with Crippen molar-refractivity contribution in [1.29, 1.82) is 0 Å². The number of hydrogen-bond donors (Lipinski definition) is 0. The van der Waals surface area contributed by atoms with E-state index >= 15 is 0 Å². The Bertz CT molecular complexity index is 818. The van der Waals surface area contributed by atoms with Gasteiger partial charge in [-0.3, -0.25) is 9.59 Å². The van der Waals surface area contributed by atoms with Crippen molar-refractivity contribution in [3.05, 3.63) is 11.6 Å². The molecule has 178 valence electrons. The summed E-state index contributed by atoms with van der Waals surface area (Å²) in [7, 11) is 1.23. The van der Waals surface area contributed by atoms with Crippen LogP contribution in [-0.4, -0.2) is 61.0 Å². The Kier molecular flexibility index (Phi) is 6.97. The number of hydrogen-bond acceptors (Lipinski definition) is 9. The summed E-state index contributed by atoms with van der Waals surface area (Å²) in [6, 6.07) is 0. The molecule has 3 aliphatic rings. The molecule has 2 aliphatic heterocycles. The average molecular weight is 453 g/mol. The number of allylic oxidation sites excluding steroid dienone is 1. The van der Waals surface area contributed by atoms with Crippen LogP contribution in [0.3, 0.4) is 0 Å². The lowest BCUT2D eigenvalue weighted by Gasteiger charge is -2.36. The minimum absolute atomic E-state index is 0.0785. The van der Waals surface area contributed by atoms with Crippen LogP contribution in [0.1, 0.15) is 53.9 Å². The lowest BCUT2D eigenvalue weighted by atomic mass is 9.78. The number of carbonyl (C=O) groups excluding carboxylic acids is 4. The van der Waals surface area contributed by atoms with E-state index in [4.69, 9.17) is 23.7 Å². The van der Waals surface area contributed by atoms with Gasteiger partial charge < -0.3 is 23.7 Å². The molecule has 0 spiro atoms. The highest BCUT2D eigenvalue weighted by Gasteiger charge is 2.60. The van der Waals surface area contributed by atoms with E-state index in [0.29, 0.717) is 12.8 Å². The first-order chi connectivity index (χ1) is 15.0. The van der Waals surface area contributed by atoms with Crippen LogP contribution in [-0.2, 0) is 42.9 Å². The molecule has 3 rings (SSSR count). The zero-order chi connectivity index (χ0) is 23.8. The van der Waals surface area contributed by atoms with Crippen LogP contribution in [0.2, 0.25) is 0 Å². The summed E-state index contributed by atoms with van der Waals surface area (Å²) in [5.74, 6) is -3.49. The number of rotatable bonds is 4. The first-order valence-corrected chi connectivity index (χ1v) is 11.0. The van der Waals surface area contributed by atoms with Crippen LogP contribution in [0.4, 0.5) is 0 Å². The molecule has 0 aromatic carbocycles. The molecule has 0 saturated carbocycles. The maximum Gasteiger partial charge on any atom is 0.341 e. The van der Waals surface area contributed by atoms with Gasteiger partial charge in [0.05, 0.1) is 30.6 Å². The molecule has 1 aliphatic carbocycles. The predicted molar refractivity (Wildman–Crippen MR) is 110 cm³/mol. The topological polar surface area (TPSA) is 118 Å². The standard InChI is InChI=1S/C23H32O9/c1-11-8-7-9-15(21(26)28-6)18(29-14(4)24)19(31-22(27)23(5)13(3)32-23)17-12(2)20(25)30-16(17)10-11/h9,11-13,16-19H,7-8,10H2,1-6H3/b15-9+/t11?,12?,13-,16+,17-,18-,19?,23-/m0/s1. The van der Waals surface area contributed by atoms with Crippen LogP contribution < -0.4 is 0 Å². The highest BCUT2D eigenvalue weighted by Crippen LogP contribution is 2.43. The van der Waals surface area contributed by atoms with Crippen molar-refractivity contribution >= 4 is 23.9 Å². The van der Waals surface area contributed by atoms with Gasteiger partial charge >= 0.3 is 23.9 Å². The summed E-state index contributed by atoms with van der Waals surface area (Å²) >= 11 is 0. The zero-order valence-electron chi connectivity index (χ0n) is 19.4. The van der Waals surface area contributed by atoms with Gasteiger partial charge in [0.15, 0.2) is 17.8 Å². The van der Waals surface area contributed by atoms with Gasteiger partial charge in [0, 0.05) is 6.92 Å². The highest BCUT2D eigenvalue weighted by atomic mass is 16.7. The lowest BCUT2D eigenvalue weighted by Crippen LogP contribution is -2.49. The Morgan fingerprint density at radius 2 is 1.81 bits per heavy atom. The third kappa shape index (κ3) is 4.67. The summed E-state index contributed by atoms with van der Waals surface area (Å²) in [6.45, 7) is 8.28. The molecule has 32 heavy (non-hydrogen) atoms. The summed E-state index contributed by atoms with van der Waals surface area (Å²) in [5.41, 5.74) is -1.06. The van der Waals surface area contributed by atoms with E-state index in [1.807, 2.05) is 6.92 Å². The molecule has 0 radical (unpaired) electrons. The molecule has 9 heteroatoms. The molecule has 0 aromatic heterocycles. The van der Waals surface area contributed by atoms with Crippen LogP contribution in [0.15, 0.2) is 11.6 Å². The lowest BCUT2D eigenvalue weighted by molar-refractivity contribution is -0.176. The minimum Gasteiger partial charge on any atom is -0.466 e. The Balaban J connectivity index is 2.10. The van der Waals surface area contributed by atoms with Gasteiger partial charge in [0.25, 0.3) is 0 Å². The van der Waals surface area contributed by atoms with Gasteiger partial charge in [-0.15, -0.1) is 0 Å². The average Bonchev–Trinajstić information content (AvgIpc) is 3.25. The summed E-state index contributed by atoms with van der Waals surface area (Å²) in [4.78, 5) is 50.3. The van der Waals surface area contributed by atoms with Crippen molar-refractivity contribution in [2.24, 2.45) is 17.8 Å². The molecule has 0 bridgehead atoms. The molecule has 3 unspecified atom stereocenters. The third-order valence-corrected chi connectivity index (χ3v) is 6.79. The summed E-state index contributed by atoms with van der Waals surface area (Å²) < 4.78 is 27.5. The number of carbonyl (C=O) groups is 4. The van der Waals surface area contributed by atoms with Crippen LogP contribution in [0.25, 0.3) is 0 Å². The smallest absolute Gasteiger partial charge is 0.341 e. The van der Waals surface area contributed by atoms with Gasteiger partial charge in [0.1, 0.15) is 6.10 Å². The minimum atomic E-state index is -1.25. The maximum absolute atomic E-state index is 13.0. The predicted octanol–water partition coefficient (Wildman–Crippen LogP) is 2.10. The van der Waals surface area contributed by atoms with Crippen molar-refractivity contribution in [3.63, 3.8) is 0 Å². The van der Waals surface area contributed by atoms with E-state index in [0.717, 1.165) is 6.42 Å². The van der Waals surface area contributed by atoms with Gasteiger partial charge in [-0.25, -0.2) is 9.59 Å². The van der Waals surface area contributed by atoms with Crippen molar-refractivity contribution in [1.82, 2.24) is 0 Å². The second kappa shape index (κ2) is 9.21. The normalized spacial score (nSPS) is 40.8. The Morgan fingerprint density at radius 3 is 2.38 bits per heavy atom. The van der Waals surface area contributed by atoms with Gasteiger partial charge in [-0.1, -0.05) is 19.9 Å². The number of epoxide rings is 1. The number of ether oxygens (including phenoxy) is 5. The fourth-order valence-corrected chi connectivity index (χ4v) is 4.60. The fraction of sp³-hybridized carbons (Fsp3) is 0.739. The molecule has 2 fully saturated rings. The van der Waals surface area contributed by atoms with Crippen molar-refractivity contribution in [3.8, 4) is 0 Å². The second-order valence-corrected chi connectivity index (χ2v) is 9.18. The molecule has 2 saturated heterocycles. The van der Waals surface area contributed by atoms with E-state index < -0.39 is 59.6 Å². The first kappa shape index (κ1) is 24.2. The van der Waals surface area contributed by atoms with E-state index in [9.17, 15) is 19.2 Å². The highest BCUT2D eigenvalue weighted by molar-refractivity contribution is 5.90. The molecule has 0 amide bonds. The van der Waals surface area contributed by atoms with Crippen LogP contribution >= 0.6 is 0 Å². The monoisotopic (exact) mass is 452 g/mol. The summed E-state index contributed by atoms with van der Waals surface area (Å²) in [6.07, 6.45) is 0.197. The molecule has 0 N–H and O–H groups in total. The second-order valence-electron chi connectivity index (χ2n) is 9.18. The quantitative estimate of drug-likeness (QED) is 0.359. The van der Waals surface area contributed by atoms with Gasteiger partial charge in [-0.2, -0.15) is 0 Å². The molecule has 8 atom stereocenters. The number of methoxy groups -OCH3 is 1. The first-order valence-electron chi connectivity index (χ1n) is 11.0. The van der Waals surface area contributed by atoms with Crippen molar-refractivity contribution in [2.75, 3.05) is 7.11 Å². The van der Waals surface area contributed by atoms with E-state index in [1.54, 1.807) is 26.8 Å². The molecule has 9 nitrogen and oxygen atoms in total. The molecular formula is C23H32O9. The third-order valence-electron chi connectivity index (χ3n) is 6.79. The fourth-order valence-electron chi connectivity index (χ4n) is 4.60. The Hall–Kier alpha value is -2.42.